The number of aryl methyl sites for hydroxylation is 2. The molecule has 0 fully saturated rings. The third kappa shape index (κ3) is 4.81. The van der Waals surface area contributed by atoms with Crippen molar-refractivity contribution >= 4 is 17.6 Å². The highest BCUT2D eigenvalue weighted by molar-refractivity contribution is 6.00. The Hall–Kier alpha value is -2.88. The SMILES string of the molecule is C=C(CC(=O)Nc1c(C)cccc1C)C(=O)OCc1ccccc1. The van der Waals surface area contributed by atoms with Crippen LogP contribution in [-0.4, -0.2) is 11.9 Å². The van der Waals surface area contributed by atoms with Crippen molar-refractivity contribution in [1.29, 1.82) is 0 Å². The summed E-state index contributed by atoms with van der Waals surface area (Å²) >= 11 is 0. The smallest absolute Gasteiger partial charge is 0.334 e. The highest BCUT2D eigenvalue weighted by Crippen LogP contribution is 2.20. The van der Waals surface area contributed by atoms with Gasteiger partial charge in [-0.2, -0.15) is 0 Å². The third-order valence-electron chi connectivity index (χ3n) is 3.62. The molecule has 24 heavy (non-hydrogen) atoms. The predicted octanol–water partition coefficient (Wildman–Crippen LogP) is 3.93. The number of rotatable bonds is 6. The van der Waals surface area contributed by atoms with Gasteiger partial charge in [0.2, 0.25) is 5.91 Å². The van der Waals surface area contributed by atoms with Gasteiger partial charge in [-0.1, -0.05) is 55.1 Å². The second kappa shape index (κ2) is 8.11. The summed E-state index contributed by atoms with van der Waals surface area (Å²) in [5.41, 5.74) is 3.74. The van der Waals surface area contributed by atoms with E-state index in [9.17, 15) is 9.59 Å². The van der Waals surface area contributed by atoms with Crippen LogP contribution in [0.1, 0.15) is 23.1 Å². The Morgan fingerprint density at radius 1 is 1.00 bits per heavy atom. The Bertz CT molecular complexity index is 730. The standard InChI is InChI=1S/C20H21NO3/c1-14-8-7-9-15(2)19(14)21-18(22)12-16(3)20(23)24-13-17-10-5-4-6-11-17/h4-11H,3,12-13H2,1-2H3,(H,21,22). The Kier molecular flexibility index (Phi) is 5.90. The Balaban J connectivity index is 1.87. The molecule has 0 heterocycles. The molecule has 2 aromatic carbocycles. The molecular formula is C20H21NO3. The minimum Gasteiger partial charge on any atom is -0.457 e. The number of carbonyl (C=O) groups excluding carboxylic acids is 2. The molecule has 4 heteroatoms. The molecule has 124 valence electrons. The zero-order valence-electron chi connectivity index (χ0n) is 14.0. The summed E-state index contributed by atoms with van der Waals surface area (Å²) in [6, 6.07) is 15.1. The summed E-state index contributed by atoms with van der Waals surface area (Å²) in [6.45, 7) is 7.67. The zero-order valence-corrected chi connectivity index (χ0v) is 14.0. The van der Waals surface area contributed by atoms with Crippen LogP contribution in [0.2, 0.25) is 0 Å². The predicted molar refractivity (Wildman–Crippen MR) is 94.5 cm³/mol. The lowest BCUT2D eigenvalue weighted by Gasteiger charge is -2.12. The Morgan fingerprint density at radius 2 is 1.62 bits per heavy atom. The molecule has 4 nitrogen and oxygen atoms in total. The molecule has 0 unspecified atom stereocenters. The normalized spacial score (nSPS) is 10.1. The fourth-order valence-corrected chi connectivity index (χ4v) is 2.29. The molecular weight excluding hydrogens is 302 g/mol. The van der Waals surface area contributed by atoms with E-state index in [1.54, 1.807) is 0 Å². The number of carbonyl (C=O) groups is 2. The number of ether oxygens (including phenoxy) is 1. The van der Waals surface area contributed by atoms with Gasteiger partial charge >= 0.3 is 5.97 Å². The molecule has 0 bridgehead atoms. The molecule has 0 aliphatic heterocycles. The van der Waals surface area contributed by atoms with Crippen LogP contribution in [0.3, 0.4) is 0 Å². The molecule has 0 aliphatic carbocycles. The summed E-state index contributed by atoms with van der Waals surface area (Å²) in [7, 11) is 0. The second-order valence-corrected chi connectivity index (χ2v) is 5.66. The lowest BCUT2D eigenvalue weighted by Crippen LogP contribution is -2.17. The molecule has 1 N–H and O–H groups in total. The van der Waals surface area contributed by atoms with E-state index in [1.165, 1.54) is 0 Å². The summed E-state index contributed by atoms with van der Waals surface area (Å²) in [6.07, 6.45) is -0.0958. The molecule has 2 rings (SSSR count). The van der Waals surface area contributed by atoms with E-state index >= 15 is 0 Å². The molecule has 0 aliphatic rings. The van der Waals surface area contributed by atoms with Crippen molar-refractivity contribution in [2.75, 3.05) is 5.32 Å². The van der Waals surface area contributed by atoms with Crippen LogP contribution >= 0.6 is 0 Å². The maximum atomic E-state index is 12.1. The molecule has 0 atom stereocenters. The van der Waals surface area contributed by atoms with Gasteiger partial charge in [0.1, 0.15) is 6.61 Å². The van der Waals surface area contributed by atoms with E-state index in [2.05, 4.69) is 11.9 Å². The van der Waals surface area contributed by atoms with Crippen LogP contribution in [0.4, 0.5) is 5.69 Å². The first kappa shape index (κ1) is 17.5. The number of amides is 1. The summed E-state index contributed by atoms with van der Waals surface area (Å²) in [5, 5.41) is 2.83. The highest BCUT2D eigenvalue weighted by Gasteiger charge is 2.14. The number of para-hydroxylation sites is 1. The van der Waals surface area contributed by atoms with Gasteiger partial charge in [0.15, 0.2) is 0 Å². The van der Waals surface area contributed by atoms with E-state index in [1.807, 2.05) is 62.4 Å². The van der Waals surface area contributed by atoms with Gasteiger partial charge in [0.05, 0.1) is 6.42 Å². The monoisotopic (exact) mass is 323 g/mol. The summed E-state index contributed by atoms with van der Waals surface area (Å²) in [4.78, 5) is 24.1. The quantitative estimate of drug-likeness (QED) is 0.647. The number of anilines is 1. The minimum absolute atomic E-state index is 0.0958. The van der Waals surface area contributed by atoms with Crippen molar-refractivity contribution in [3.63, 3.8) is 0 Å². The Morgan fingerprint density at radius 3 is 2.25 bits per heavy atom. The van der Waals surface area contributed by atoms with Crippen LogP contribution in [-0.2, 0) is 20.9 Å². The maximum Gasteiger partial charge on any atom is 0.334 e. The lowest BCUT2D eigenvalue weighted by molar-refractivity contribution is -0.141. The molecule has 2 aromatic rings. The molecule has 0 spiro atoms. The van der Waals surface area contributed by atoms with Crippen molar-refractivity contribution in [1.82, 2.24) is 0 Å². The molecule has 1 amide bonds. The highest BCUT2D eigenvalue weighted by atomic mass is 16.5. The van der Waals surface area contributed by atoms with Gasteiger partial charge in [-0.3, -0.25) is 4.79 Å². The van der Waals surface area contributed by atoms with Gasteiger partial charge in [-0.05, 0) is 30.5 Å². The van der Waals surface area contributed by atoms with Crippen LogP contribution in [0, 0.1) is 13.8 Å². The molecule has 0 saturated heterocycles. The van der Waals surface area contributed by atoms with Crippen LogP contribution in [0.25, 0.3) is 0 Å². The van der Waals surface area contributed by atoms with E-state index in [0.717, 1.165) is 22.4 Å². The second-order valence-electron chi connectivity index (χ2n) is 5.66. The Labute approximate surface area is 142 Å². The van der Waals surface area contributed by atoms with Crippen molar-refractivity contribution in [2.24, 2.45) is 0 Å². The van der Waals surface area contributed by atoms with Crippen molar-refractivity contribution in [2.45, 2.75) is 26.9 Å². The summed E-state index contributed by atoms with van der Waals surface area (Å²) < 4.78 is 5.17. The van der Waals surface area contributed by atoms with E-state index < -0.39 is 5.97 Å². The first-order valence-electron chi connectivity index (χ1n) is 7.72. The van der Waals surface area contributed by atoms with Crippen molar-refractivity contribution < 1.29 is 14.3 Å². The van der Waals surface area contributed by atoms with E-state index in [4.69, 9.17) is 4.74 Å². The van der Waals surface area contributed by atoms with Crippen LogP contribution in [0.15, 0.2) is 60.7 Å². The number of hydrogen-bond donors (Lipinski definition) is 1. The maximum absolute atomic E-state index is 12.1. The number of hydrogen-bond acceptors (Lipinski definition) is 3. The van der Waals surface area contributed by atoms with Gasteiger partial charge in [-0.15, -0.1) is 0 Å². The average Bonchev–Trinajstić information content (AvgIpc) is 2.57. The van der Waals surface area contributed by atoms with Crippen molar-refractivity contribution in [3.8, 4) is 0 Å². The average molecular weight is 323 g/mol. The van der Waals surface area contributed by atoms with Crippen molar-refractivity contribution in [3.05, 3.63) is 77.4 Å². The number of benzene rings is 2. The van der Waals surface area contributed by atoms with Gasteiger partial charge in [0.25, 0.3) is 0 Å². The van der Waals surface area contributed by atoms with E-state index in [-0.39, 0.29) is 24.5 Å². The van der Waals surface area contributed by atoms with E-state index in [0.29, 0.717) is 0 Å². The lowest BCUT2D eigenvalue weighted by atomic mass is 10.1. The van der Waals surface area contributed by atoms with Crippen LogP contribution in [0.5, 0.6) is 0 Å². The number of nitrogens with one attached hydrogen (secondary N) is 1. The first-order chi connectivity index (χ1) is 11.5. The fraction of sp³-hybridized carbons (Fsp3) is 0.200. The van der Waals surface area contributed by atoms with Gasteiger partial charge in [0, 0.05) is 11.3 Å². The number of esters is 1. The van der Waals surface area contributed by atoms with Gasteiger partial charge in [-0.25, -0.2) is 4.79 Å². The summed E-state index contributed by atoms with van der Waals surface area (Å²) in [5.74, 6) is -0.843. The molecule has 0 aromatic heterocycles. The fourth-order valence-electron chi connectivity index (χ4n) is 2.29. The zero-order chi connectivity index (χ0) is 17.5. The first-order valence-corrected chi connectivity index (χ1v) is 7.72. The topological polar surface area (TPSA) is 55.4 Å². The molecule has 0 radical (unpaired) electrons. The van der Waals surface area contributed by atoms with Crippen LogP contribution < -0.4 is 5.32 Å². The molecule has 0 saturated carbocycles. The minimum atomic E-state index is -0.560. The third-order valence-corrected chi connectivity index (χ3v) is 3.62. The largest absolute Gasteiger partial charge is 0.457 e. The van der Waals surface area contributed by atoms with Gasteiger partial charge < -0.3 is 10.1 Å².